The van der Waals surface area contributed by atoms with Crippen LogP contribution in [0.3, 0.4) is 0 Å². The Hall–Kier alpha value is -3.73. The number of sulfonamides is 1. The molecule has 0 saturated carbocycles. The minimum Gasteiger partial charge on any atom is -0.497 e. The zero-order chi connectivity index (χ0) is 25.0. The Kier molecular flexibility index (Phi) is 7.15. The SMILES string of the molecule is COc1ccc(S(=O)(=O)N2CCN(C(=O)c3ccc(-c4ccccc4)cc3)CC2C(=O)NO)cc1. The Morgan fingerprint density at radius 1 is 0.914 bits per heavy atom. The van der Waals surface area contributed by atoms with Gasteiger partial charge in [0.1, 0.15) is 11.8 Å². The molecule has 35 heavy (non-hydrogen) atoms. The number of methoxy groups -OCH3 is 1. The third-order valence-corrected chi connectivity index (χ3v) is 7.86. The maximum Gasteiger partial charge on any atom is 0.263 e. The van der Waals surface area contributed by atoms with Crippen molar-refractivity contribution in [2.24, 2.45) is 0 Å². The fourth-order valence-electron chi connectivity index (χ4n) is 4.03. The van der Waals surface area contributed by atoms with Crippen LogP contribution in [0.25, 0.3) is 11.1 Å². The standard InChI is InChI=1S/C25H25N3O6S/c1-34-21-11-13-22(14-12-21)35(32,33)28-16-15-27(17-23(28)24(29)26-31)25(30)20-9-7-19(8-10-20)18-5-3-2-4-6-18/h2-14,23,31H,15-17H2,1H3,(H,26,29). The van der Waals surface area contributed by atoms with E-state index >= 15 is 0 Å². The first-order valence-electron chi connectivity index (χ1n) is 10.9. The number of hydrogen-bond acceptors (Lipinski definition) is 6. The van der Waals surface area contributed by atoms with Crippen LogP contribution in [0.15, 0.2) is 83.8 Å². The highest BCUT2D eigenvalue weighted by atomic mass is 32.2. The first kappa shape index (κ1) is 24.4. The average molecular weight is 496 g/mol. The second-order valence-corrected chi connectivity index (χ2v) is 9.87. The maximum absolute atomic E-state index is 13.3. The molecule has 1 aliphatic rings. The first-order valence-corrected chi connectivity index (χ1v) is 12.3. The average Bonchev–Trinajstić information content (AvgIpc) is 2.92. The minimum atomic E-state index is -4.07. The maximum atomic E-state index is 13.3. The highest BCUT2D eigenvalue weighted by Gasteiger charge is 2.41. The van der Waals surface area contributed by atoms with E-state index in [9.17, 15) is 23.2 Å². The van der Waals surface area contributed by atoms with Gasteiger partial charge in [0, 0.05) is 25.2 Å². The fraction of sp³-hybridized carbons (Fsp3) is 0.200. The van der Waals surface area contributed by atoms with E-state index in [0.717, 1.165) is 15.4 Å². The van der Waals surface area contributed by atoms with Gasteiger partial charge in [-0.05, 0) is 47.5 Å². The van der Waals surface area contributed by atoms with Crippen LogP contribution in [0.1, 0.15) is 10.4 Å². The zero-order valence-corrected chi connectivity index (χ0v) is 19.8. The molecule has 1 unspecified atom stereocenters. The summed E-state index contributed by atoms with van der Waals surface area (Å²) in [5, 5.41) is 9.25. The number of carbonyl (C=O) groups is 2. The molecular formula is C25H25N3O6S. The molecule has 2 amide bonds. The zero-order valence-electron chi connectivity index (χ0n) is 19.0. The fourth-order valence-corrected chi connectivity index (χ4v) is 5.60. The third-order valence-electron chi connectivity index (χ3n) is 5.94. The van der Waals surface area contributed by atoms with Crippen molar-refractivity contribution in [3.63, 3.8) is 0 Å². The molecule has 1 heterocycles. The van der Waals surface area contributed by atoms with Gasteiger partial charge >= 0.3 is 0 Å². The van der Waals surface area contributed by atoms with Crippen molar-refractivity contribution in [1.29, 1.82) is 0 Å². The number of amides is 2. The van der Waals surface area contributed by atoms with Gasteiger partial charge < -0.3 is 9.64 Å². The van der Waals surface area contributed by atoms with Gasteiger partial charge in [0.15, 0.2) is 0 Å². The molecule has 9 nitrogen and oxygen atoms in total. The second-order valence-electron chi connectivity index (χ2n) is 7.98. The Morgan fingerprint density at radius 3 is 2.14 bits per heavy atom. The molecule has 0 spiro atoms. The van der Waals surface area contributed by atoms with Crippen molar-refractivity contribution >= 4 is 21.8 Å². The van der Waals surface area contributed by atoms with Gasteiger partial charge in [-0.3, -0.25) is 14.8 Å². The molecule has 10 heteroatoms. The van der Waals surface area contributed by atoms with Gasteiger partial charge in [-0.25, -0.2) is 13.9 Å². The van der Waals surface area contributed by atoms with Crippen LogP contribution in [-0.2, 0) is 14.8 Å². The lowest BCUT2D eigenvalue weighted by Gasteiger charge is -2.39. The Balaban J connectivity index is 1.54. The van der Waals surface area contributed by atoms with Crippen molar-refractivity contribution in [3.05, 3.63) is 84.4 Å². The summed E-state index contributed by atoms with van der Waals surface area (Å²) in [5.41, 5.74) is 3.92. The topological polar surface area (TPSA) is 116 Å². The molecule has 3 aromatic carbocycles. The van der Waals surface area contributed by atoms with Gasteiger partial charge in [0.25, 0.3) is 11.8 Å². The lowest BCUT2D eigenvalue weighted by Crippen LogP contribution is -2.61. The van der Waals surface area contributed by atoms with Crippen molar-refractivity contribution in [2.75, 3.05) is 26.7 Å². The number of benzene rings is 3. The monoisotopic (exact) mass is 495 g/mol. The van der Waals surface area contributed by atoms with Crippen LogP contribution in [0, 0.1) is 0 Å². The van der Waals surface area contributed by atoms with Crippen LogP contribution >= 0.6 is 0 Å². The number of carbonyl (C=O) groups excluding carboxylic acids is 2. The lowest BCUT2D eigenvalue weighted by molar-refractivity contribution is -0.134. The van der Waals surface area contributed by atoms with Crippen molar-refractivity contribution in [2.45, 2.75) is 10.9 Å². The quantitative estimate of drug-likeness (QED) is 0.401. The molecule has 1 aliphatic heterocycles. The molecule has 0 radical (unpaired) electrons. The van der Waals surface area contributed by atoms with Gasteiger partial charge in [-0.2, -0.15) is 4.31 Å². The molecular weight excluding hydrogens is 470 g/mol. The van der Waals surface area contributed by atoms with Gasteiger partial charge in [0.2, 0.25) is 10.0 Å². The Bertz CT molecular complexity index is 1300. The molecule has 1 atom stereocenters. The van der Waals surface area contributed by atoms with Crippen LogP contribution in [0.4, 0.5) is 0 Å². The molecule has 0 aromatic heterocycles. The minimum absolute atomic E-state index is 0.0229. The number of hydroxylamine groups is 1. The summed E-state index contributed by atoms with van der Waals surface area (Å²) in [6, 6.07) is 21.3. The predicted molar refractivity (Wildman–Crippen MR) is 128 cm³/mol. The molecule has 1 saturated heterocycles. The van der Waals surface area contributed by atoms with Crippen molar-refractivity contribution < 1.29 is 28.0 Å². The molecule has 182 valence electrons. The van der Waals surface area contributed by atoms with Gasteiger partial charge in [0.05, 0.1) is 12.0 Å². The van der Waals surface area contributed by atoms with E-state index in [1.165, 1.54) is 41.8 Å². The van der Waals surface area contributed by atoms with E-state index in [0.29, 0.717) is 11.3 Å². The molecule has 3 aromatic rings. The van der Waals surface area contributed by atoms with Gasteiger partial charge in [-0.1, -0.05) is 42.5 Å². The lowest BCUT2D eigenvalue weighted by atomic mass is 10.0. The van der Waals surface area contributed by atoms with Crippen LogP contribution in [0.5, 0.6) is 5.75 Å². The van der Waals surface area contributed by atoms with Crippen LogP contribution in [0.2, 0.25) is 0 Å². The molecule has 4 rings (SSSR count). The summed E-state index contributed by atoms with van der Waals surface area (Å²) >= 11 is 0. The molecule has 0 bridgehead atoms. The van der Waals surface area contributed by atoms with E-state index < -0.39 is 22.0 Å². The summed E-state index contributed by atoms with van der Waals surface area (Å²) < 4.78 is 32.6. The molecule has 1 fully saturated rings. The number of nitrogens with one attached hydrogen (secondary N) is 1. The third kappa shape index (κ3) is 5.04. The first-order chi connectivity index (χ1) is 16.8. The number of nitrogens with zero attached hydrogens (tertiary/aromatic N) is 2. The Morgan fingerprint density at radius 2 is 1.54 bits per heavy atom. The summed E-state index contributed by atoms with van der Waals surface area (Å²) in [6.45, 7) is -0.231. The highest BCUT2D eigenvalue weighted by molar-refractivity contribution is 7.89. The van der Waals surface area contributed by atoms with E-state index in [2.05, 4.69) is 0 Å². The number of hydrogen-bond donors (Lipinski definition) is 2. The summed E-state index contributed by atoms with van der Waals surface area (Å²) in [7, 11) is -2.60. The number of rotatable bonds is 6. The number of piperazine rings is 1. The van der Waals surface area contributed by atoms with E-state index in [4.69, 9.17) is 4.74 Å². The summed E-state index contributed by atoms with van der Waals surface area (Å²) in [6.07, 6.45) is 0. The highest BCUT2D eigenvalue weighted by Crippen LogP contribution is 2.25. The second kappa shape index (κ2) is 10.3. The molecule has 0 aliphatic carbocycles. The summed E-state index contributed by atoms with van der Waals surface area (Å²) in [5.74, 6) is -0.761. The predicted octanol–water partition coefficient (Wildman–Crippen LogP) is 2.38. The summed E-state index contributed by atoms with van der Waals surface area (Å²) in [4.78, 5) is 27.0. The van der Waals surface area contributed by atoms with Crippen LogP contribution < -0.4 is 10.2 Å². The normalized spacial score (nSPS) is 16.5. The molecule has 2 N–H and O–H groups in total. The van der Waals surface area contributed by atoms with Crippen molar-refractivity contribution in [1.82, 2.24) is 14.7 Å². The van der Waals surface area contributed by atoms with E-state index in [-0.39, 0.29) is 30.4 Å². The van der Waals surface area contributed by atoms with Crippen molar-refractivity contribution in [3.8, 4) is 16.9 Å². The largest absolute Gasteiger partial charge is 0.497 e. The van der Waals surface area contributed by atoms with E-state index in [1.807, 2.05) is 42.5 Å². The Labute approximate surface area is 203 Å². The van der Waals surface area contributed by atoms with E-state index in [1.54, 1.807) is 12.1 Å². The smallest absolute Gasteiger partial charge is 0.263 e. The van der Waals surface area contributed by atoms with Gasteiger partial charge in [-0.15, -0.1) is 0 Å². The van der Waals surface area contributed by atoms with Crippen LogP contribution in [-0.4, -0.2) is 67.4 Å². The number of ether oxygens (including phenoxy) is 1.